The van der Waals surface area contributed by atoms with E-state index in [1.165, 1.54) is 28.0 Å². The van der Waals surface area contributed by atoms with E-state index in [1.54, 1.807) is 12.1 Å². The third-order valence-electron chi connectivity index (χ3n) is 5.89. The Labute approximate surface area is 180 Å². The molecule has 158 valence electrons. The lowest BCUT2D eigenvalue weighted by Gasteiger charge is -2.33. The van der Waals surface area contributed by atoms with Crippen LogP contribution in [0, 0.1) is 12.8 Å². The van der Waals surface area contributed by atoms with E-state index in [0.29, 0.717) is 11.5 Å². The second-order valence-corrected chi connectivity index (χ2v) is 9.33. The minimum atomic E-state index is -0.900. The van der Waals surface area contributed by atoms with E-state index in [-0.39, 0.29) is 5.41 Å². The van der Waals surface area contributed by atoms with Gasteiger partial charge in [0.2, 0.25) is 0 Å². The van der Waals surface area contributed by atoms with Crippen LogP contribution in [0.3, 0.4) is 0 Å². The zero-order chi connectivity index (χ0) is 21.9. The van der Waals surface area contributed by atoms with Gasteiger partial charge in [-0.1, -0.05) is 64.1 Å². The van der Waals surface area contributed by atoms with E-state index in [2.05, 4.69) is 64.2 Å². The van der Waals surface area contributed by atoms with Gasteiger partial charge in [-0.05, 0) is 71.6 Å². The summed E-state index contributed by atoms with van der Waals surface area (Å²) in [5.74, 6) is -0.218. The van der Waals surface area contributed by atoms with Gasteiger partial charge in [-0.15, -0.1) is 0 Å². The molecule has 0 bridgehead atoms. The molecule has 2 aromatic rings. The minimum absolute atomic E-state index is 0.123. The standard InChI is InChI=1S/C27H33NO2/c1-18(2)13-15-28-25-12-14-27(4,5)24-16-19(3)22(17-23(24)25)11-8-20-6-9-21(10-7-20)26(29)30/h6-12,16-18,28H,13-15H2,1-5H3,(H,29,30). The molecule has 2 N–H and O–H groups in total. The first kappa shape index (κ1) is 21.9. The second kappa shape index (κ2) is 8.91. The molecule has 3 rings (SSSR count). The lowest BCUT2D eigenvalue weighted by Crippen LogP contribution is -2.26. The van der Waals surface area contributed by atoms with Crippen LogP contribution in [0.15, 0.2) is 42.5 Å². The molecule has 30 heavy (non-hydrogen) atoms. The Hall–Kier alpha value is -2.81. The van der Waals surface area contributed by atoms with Crippen LogP contribution in [0.5, 0.6) is 0 Å². The molecule has 1 aliphatic carbocycles. The van der Waals surface area contributed by atoms with Crippen molar-refractivity contribution in [2.45, 2.75) is 52.9 Å². The van der Waals surface area contributed by atoms with Crippen molar-refractivity contribution < 1.29 is 9.90 Å². The van der Waals surface area contributed by atoms with E-state index in [1.807, 2.05) is 18.2 Å². The van der Waals surface area contributed by atoms with Gasteiger partial charge in [0.15, 0.2) is 0 Å². The number of allylic oxidation sites excluding steroid dienone is 1. The number of nitrogens with one attached hydrogen (secondary N) is 1. The smallest absolute Gasteiger partial charge is 0.335 e. The normalized spacial score (nSPS) is 15.2. The van der Waals surface area contributed by atoms with E-state index in [9.17, 15) is 4.79 Å². The molecule has 0 amide bonds. The maximum atomic E-state index is 11.0. The predicted molar refractivity (Wildman–Crippen MR) is 127 cm³/mol. The molecule has 0 unspecified atom stereocenters. The summed E-state index contributed by atoms with van der Waals surface area (Å²) in [6, 6.07) is 11.6. The van der Waals surface area contributed by atoms with Crippen LogP contribution in [0.4, 0.5) is 0 Å². The van der Waals surface area contributed by atoms with Gasteiger partial charge in [-0.2, -0.15) is 0 Å². The van der Waals surface area contributed by atoms with E-state index in [4.69, 9.17) is 5.11 Å². The fourth-order valence-corrected chi connectivity index (χ4v) is 3.85. The molecule has 0 saturated carbocycles. The summed E-state index contributed by atoms with van der Waals surface area (Å²) in [6.07, 6.45) is 8.70. The Balaban J connectivity index is 1.90. The van der Waals surface area contributed by atoms with Crippen molar-refractivity contribution in [1.29, 1.82) is 0 Å². The first-order valence-electron chi connectivity index (χ1n) is 10.8. The van der Waals surface area contributed by atoms with Crippen molar-refractivity contribution in [1.82, 2.24) is 5.32 Å². The Morgan fingerprint density at radius 3 is 2.50 bits per heavy atom. The van der Waals surface area contributed by atoms with Crippen molar-refractivity contribution in [2.24, 2.45) is 5.92 Å². The fourth-order valence-electron chi connectivity index (χ4n) is 3.85. The average molecular weight is 404 g/mol. The van der Waals surface area contributed by atoms with Gasteiger partial charge in [0.25, 0.3) is 0 Å². The van der Waals surface area contributed by atoms with Crippen LogP contribution in [0.25, 0.3) is 17.8 Å². The quantitative estimate of drug-likeness (QED) is 0.517. The van der Waals surface area contributed by atoms with Crippen LogP contribution in [-0.4, -0.2) is 17.6 Å². The highest BCUT2D eigenvalue weighted by Crippen LogP contribution is 2.39. The Bertz CT molecular complexity index is 979. The maximum Gasteiger partial charge on any atom is 0.335 e. The van der Waals surface area contributed by atoms with Crippen LogP contribution in [-0.2, 0) is 5.41 Å². The highest BCUT2D eigenvalue weighted by Gasteiger charge is 2.28. The van der Waals surface area contributed by atoms with Gasteiger partial charge in [0.1, 0.15) is 0 Å². The number of hydrogen-bond acceptors (Lipinski definition) is 2. The first-order chi connectivity index (χ1) is 14.2. The lowest BCUT2D eigenvalue weighted by molar-refractivity contribution is 0.0697. The monoisotopic (exact) mass is 403 g/mol. The minimum Gasteiger partial charge on any atom is -0.478 e. The molecule has 0 aliphatic heterocycles. The van der Waals surface area contributed by atoms with Crippen molar-refractivity contribution in [3.8, 4) is 0 Å². The topological polar surface area (TPSA) is 49.3 Å². The fraction of sp³-hybridized carbons (Fsp3) is 0.370. The summed E-state index contributed by atoms with van der Waals surface area (Å²) in [5, 5.41) is 12.7. The zero-order valence-corrected chi connectivity index (χ0v) is 18.8. The number of carboxylic acid groups (broad SMARTS) is 1. The zero-order valence-electron chi connectivity index (χ0n) is 18.8. The van der Waals surface area contributed by atoms with Gasteiger partial charge >= 0.3 is 5.97 Å². The average Bonchev–Trinajstić information content (AvgIpc) is 2.69. The van der Waals surface area contributed by atoms with Gasteiger partial charge in [0, 0.05) is 17.8 Å². The van der Waals surface area contributed by atoms with Crippen LogP contribution in [0.1, 0.15) is 78.7 Å². The molecule has 3 nitrogen and oxygen atoms in total. The first-order valence-corrected chi connectivity index (χ1v) is 10.8. The predicted octanol–water partition coefficient (Wildman–Crippen LogP) is 6.52. The van der Waals surface area contributed by atoms with Crippen LogP contribution < -0.4 is 5.32 Å². The van der Waals surface area contributed by atoms with Crippen LogP contribution >= 0.6 is 0 Å². The van der Waals surface area contributed by atoms with Crippen molar-refractivity contribution in [3.63, 3.8) is 0 Å². The molecule has 0 saturated heterocycles. The number of aryl methyl sites for hydroxylation is 1. The molecule has 0 heterocycles. The number of aromatic carboxylic acids is 1. The lowest BCUT2D eigenvalue weighted by atomic mass is 9.73. The number of hydrogen-bond donors (Lipinski definition) is 2. The highest BCUT2D eigenvalue weighted by molar-refractivity contribution is 5.88. The number of carboxylic acids is 1. The molecular weight excluding hydrogens is 370 g/mol. The molecular formula is C27H33NO2. The molecule has 2 aromatic carbocycles. The molecule has 0 atom stereocenters. The summed E-state index contributed by atoms with van der Waals surface area (Å²) in [7, 11) is 0. The molecule has 3 heteroatoms. The molecule has 0 spiro atoms. The van der Waals surface area contributed by atoms with E-state index >= 15 is 0 Å². The number of rotatable bonds is 7. The molecule has 0 aromatic heterocycles. The maximum absolute atomic E-state index is 11.0. The second-order valence-electron chi connectivity index (χ2n) is 9.33. The van der Waals surface area contributed by atoms with Gasteiger partial charge in [-0.3, -0.25) is 0 Å². The van der Waals surface area contributed by atoms with E-state index < -0.39 is 5.97 Å². The summed E-state index contributed by atoms with van der Waals surface area (Å²) in [4.78, 5) is 11.0. The van der Waals surface area contributed by atoms with Gasteiger partial charge in [0.05, 0.1) is 5.56 Å². The molecule has 0 radical (unpaired) electrons. The third-order valence-corrected chi connectivity index (χ3v) is 5.89. The van der Waals surface area contributed by atoms with Gasteiger partial charge < -0.3 is 10.4 Å². The number of benzene rings is 2. The highest BCUT2D eigenvalue weighted by atomic mass is 16.4. The molecule has 0 fully saturated rings. The Kier molecular flexibility index (Phi) is 6.50. The van der Waals surface area contributed by atoms with Crippen LogP contribution in [0.2, 0.25) is 0 Å². The molecule has 1 aliphatic rings. The Morgan fingerprint density at radius 1 is 1.17 bits per heavy atom. The number of fused-ring (bicyclic) bond motifs is 1. The number of carbonyl (C=O) groups is 1. The Morgan fingerprint density at radius 2 is 1.87 bits per heavy atom. The summed E-state index contributed by atoms with van der Waals surface area (Å²) < 4.78 is 0. The SMILES string of the molecule is Cc1cc2c(cc1C=Cc1ccc(C(=O)O)cc1)C(NCCC(C)C)=CCC2(C)C. The van der Waals surface area contributed by atoms with Crippen molar-refractivity contribution in [3.05, 3.63) is 75.9 Å². The van der Waals surface area contributed by atoms with E-state index in [0.717, 1.165) is 24.9 Å². The van der Waals surface area contributed by atoms with Crippen molar-refractivity contribution in [2.75, 3.05) is 6.54 Å². The van der Waals surface area contributed by atoms with Gasteiger partial charge in [-0.25, -0.2) is 4.79 Å². The summed E-state index contributed by atoms with van der Waals surface area (Å²) >= 11 is 0. The summed E-state index contributed by atoms with van der Waals surface area (Å²) in [6.45, 7) is 12.3. The van der Waals surface area contributed by atoms with Crippen molar-refractivity contribution >= 4 is 23.8 Å². The summed E-state index contributed by atoms with van der Waals surface area (Å²) in [5.41, 5.74) is 7.79. The third kappa shape index (κ3) is 5.02. The largest absolute Gasteiger partial charge is 0.478 e.